The second-order valence-corrected chi connectivity index (χ2v) is 3.49. The zero-order valence-corrected chi connectivity index (χ0v) is 9.67. The van der Waals surface area contributed by atoms with E-state index in [1.54, 1.807) is 7.11 Å². The number of aromatic nitrogens is 5. The number of methoxy groups -OCH3 is 1. The van der Waals surface area contributed by atoms with Crippen LogP contribution in [-0.4, -0.2) is 52.1 Å². The molecule has 0 radical (unpaired) electrons. The van der Waals surface area contributed by atoms with Gasteiger partial charge in [-0.05, 0) is 7.05 Å². The average Bonchev–Trinajstić information content (AvgIpc) is 2.98. The molecule has 0 aromatic carbocycles. The molecule has 0 amide bonds. The van der Waals surface area contributed by atoms with E-state index in [9.17, 15) is 0 Å². The first-order chi connectivity index (χ1) is 8.33. The minimum atomic E-state index is 0.142. The van der Waals surface area contributed by atoms with Crippen molar-refractivity contribution < 1.29 is 9.26 Å². The van der Waals surface area contributed by atoms with Crippen LogP contribution in [0.2, 0.25) is 0 Å². The number of nitrogens with one attached hydrogen (secondary N) is 2. The summed E-state index contributed by atoms with van der Waals surface area (Å²) in [6.07, 6.45) is 2.00. The van der Waals surface area contributed by atoms with Gasteiger partial charge in [0.05, 0.1) is 6.61 Å². The van der Waals surface area contributed by atoms with E-state index in [2.05, 4.69) is 30.6 Å². The van der Waals surface area contributed by atoms with Gasteiger partial charge in [0.25, 0.3) is 0 Å². The third-order valence-corrected chi connectivity index (χ3v) is 2.29. The van der Waals surface area contributed by atoms with E-state index in [0.717, 1.165) is 0 Å². The molecule has 2 aromatic heterocycles. The Labute approximate surface area is 97.8 Å². The highest BCUT2D eigenvalue weighted by molar-refractivity contribution is 5.39. The number of nitrogens with zero attached hydrogens (tertiary/aromatic N) is 4. The lowest BCUT2D eigenvalue weighted by Crippen LogP contribution is -2.32. The number of aromatic amines is 1. The standard InChI is InChI=1S/C9H14N6O2/c1-10-6(4-16-2)3-7-13-9(15-17-7)8-11-5-12-14-8/h5-6,10H,3-4H2,1-2H3,(H,11,12,14). The van der Waals surface area contributed by atoms with E-state index in [-0.39, 0.29) is 6.04 Å². The number of likely N-dealkylation sites (N-methyl/N-ethyl adjacent to an activating group) is 1. The lowest BCUT2D eigenvalue weighted by molar-refractivity contribution is 0.165. The molecule has 0 bridgehead atoms. The number of H-pyrrole nitrogens is 1. The highest BCUT2D eigenvalue weighted by Gasteiger charge is 2.15. The van der Waals surface area contributed by atoms with Crippen LogP contribution < -0.4 is 5.32 Å². The maximum absolute atomic E-state index is 5.12. The molecule has 0 aliphatic heterocycles. The van der Waals surface area contributed by atoms with E-state index >= 15 is 0 Å². The Morgan fingerprint density at radius 2 is 2.47 bits per heavy atom. The predicted octanol–water partition coefficient (Wildman–Crippen LogP) is -0.368. The SMILES string of the molecule is CNC(COC)Cc1nc(-c2ncn[nH]2)no1. The molecule has 0 fully saturated rings. The van der Waals surface area contributed by atoms with Crippen molar-refractivity contribution in [1.29, 1.82) is 0 Å². The lowest BCUT2D eigenvalue weighted by Gasteiger charge is -2.11. The maximum atomic E-state index is 5.12. The fourth-order valence-corrected chi connectivity index (χ4v) is 1.40. The van der Waals surface area contributed by atoms with Gasteiger partial charge in [-0.2, -0.15) is 10.1 Å². The molecule has 2 aromatic rings. The zero-order chi connectivity index (χ0) is 12.1. The van der Waals surface area contributed by atoms with Crippen molar-refractivity contribution in [1.82, 2.24) is 30.6 Å². The van der Waals surface area contributed by atoms with Crippen LogP contribution in [0.4, 0.5) is 0 Å². The van der Waals surface area contributed by atoms with Crippen molar-refractivity contribution in [2.75, 3.05) is 20.8 Å². The van der Waals surface area contributed by atoms with Crippen LogP contribution in [0.3, 0.4) is 0 Å². The van der Waals surface area contributed by atoms with Gasteiger partial charge >= 0.3 is 0 Å². The monoisotopic (exact) mass is 238 g/mol. The summed E-state index contributed by atoms with van der Waals surface area (Å²) in [4.78, 5) is 8.16. The molecule has 8 nitrogen and oxygen atoms in total. The summed E-state index contributed by atoms with van der Waals surface area (Å²) in [5.74, 6) is 1.44. The molecule has 2 N–H and O–H groups in total. The van der Waals surface area contributed by atoms with Crippen LogP contribution >= 0.6 is 0 Å². The Bertz CT molecular complexity index is 440. The Morgan fingerprint density at radius 3 is 3.12 bits per heavy atom. The van der Waals surface area contributed by atoms with E-state index in [1.807, 2.05) is 7.05 Å². The highest BCUT2D eigenvalue weighted by atomic mass is 16.5. The highest BCUT2D eigenvalue weighted by Crippen LogP contribution is 2.10. The van der Waals surface area contributed by atoms with Crippen LogP contribution in [-0.2, 0) is 11.2 Å². The molecular formula is C9H14N6O2. The van der Waals surface area contributed by atoms with E-state index < -0.39 is 0 Å². The molecule has 0 saturated carbocycles. The Balaban J connectivity index is 2.03. The molecule has 2 heterocycles. The Morgan fingerprint density at radius 1 is 1.59 bits per heavy atom. The van der Waals surface area contributed by atoms with Crippen molar-refractivity contribution >= 4 is 0 Å². The maximum Gasteiger partial charge on any atom is 0.239 e. The second-order valence-electron chi connectivity index (χ2n) is 3.49. The first kappa shape index (κ1) is 11.7. The Kier molecular flexibility index (Phi) is 3.78. The average molecular weight is 238 g/mol. The predicted molar refractivity (Wildman–Crippen MR) is 58.1 cm³/mol. The fraction of sp³-hybridized carbons (Fsp3) is 0.556. The minimum Gasteiger partial charge on any atom is -0.383 e. The first-order valence-corrected chi connectivity index (χ1v) is 5.18. The third kappa shape index (κ3) is 2.86. The van der Waals surface area contributed by atoms with Crippen LogP contribution in [0.1, 0.15) is 5.89 Å². The first-order valence-electron chi connectivity index (χ1n) is 5.18. The molecule has 0 aliphatic rings. The van der Waals surface area contributed by atoms with Gasteiger partial charge in [0.1, 0.15) is 6.33 Å². The molecule has 8 heteroatoms. The van der Waals surface area contributed by atoms with E-state index in [0.29, 0.717) is 30.6 Å². The van der Waals surface area contributed by atoms with Gasteiger partial charge in [-0.25, -0.2) is 4.98 Å². The van der Waals surface area contributed by atoms with Crippen molar-refractivity contribution in [3.8, 4) is 11.6 Å². The summed E-state index contributed by atoms with van der Waals surface area (Å²) in [6.45, 7) is 0.580. The van der Waals surface area contributed by atoms with Crippen molar-refractivity contribution in [3.63, 3.8) is 0 Å². The number of hydrogen-bond donors (Lipinski definition) is 2. The molecule has 2 rings (SSSR count). The van der Waals surface area contributed by atoms with Crippen molar-refractivity contribution in [2.24, 2.45) is 0 Å². The third-order valence-electron chi connectivity index (χ3n) is 2.29. The summed E-state index contributed by atoms with van der Waals surface area (Å²) < 4.78 is 10.2. The van der Waals surface area contributed by atoms with Gasteiger partial charge in [0, 0.05) is 19.6 Å². The van der Waals surface area contributed by atoms with Gasteiger partial charge in [0.2, 0.25) is 11.7 Å². The molecular weight excluding hydrogens is 224 g/mol. The van der Waals surface area contributed by atoms with Gasteiger partial charge in [0.15, 0.2) is 5.82 Å². The molecule has 92 valence electrons. The largest absolute Gasteiger partial charge is 0.383 e. The molecule has 1 unspecified atom stereocenters. The van der Waals surface area contributed by atoms with Gasteiger partial charge in [-0.15, -0.1) is 0 Å². The lowest BCUT2D eigenvalue weighted by atomic mass is 10.2. The van der Waals surface area contributed by atoms with E-state index in [4.69, 9.17) is 9.26 Å². The van der Waals surface area contributed by atoms with Crippen LogP contribution in [0.5, 0.6) is 0 Å². The van der Waals surface area contributed by atoms with Crippen molar-refractivity contribution in [2.45, 2.75) is 12.5 Å². The van der Waals surface area contributed by atoms with Gasteiger partial charge in [-0.1, -0.05) is 5.16 Å². The van der Waals surface area contributed by atoms with Gasteiger partial charge in [-0.3, -0.25) is 5.10 Å². The number of hydrogen-bond acceptors (Lipinski definition) is 7. The fourth-order valence-electron chi connectivity index (χ4n) is 1.40. The molecule has 17 heavy (non-hydrogen) atoms. The van der Waals surface area contributed by atoms with E-state index in [1.165, 1.54) is 6.33 Å². The van der Waals surface area contributed by atoms with Crippen LogP contribution in [0.25, 0.3) is 11.6 Å². The van der Waals surface area contributed by atoms with Crippen LogP contribution in [0.15, 0.2) is 10.9 Å². The molecule has 0 aliphatic carbocycles. The van der Waals surface area contributed by atoms with Gasteiger partial charge < -0.3 is 14.6 Å². The summed E-state index contributed by atoms with van der Waals surface area (Å²) in [5.41, 5.74) is 0. The zero-order valence-electron chi connectivity index (χ0n) is 9.67. The second kappa shape index (κ2) is 5.51. The number of ether oxygens (including phenoxy) is 1. The summed E-state index contributed by atoms with van der Waals surface area (Å²) >= 11 is 0. The Hall–Kier alpha value is -1.80. The quantitative estimate of drug-likeness (QED) is 0.708. The summed E-state index contributed by atoms with van der Waals surface area (Å²) in [6, 6.07) is 0.142. The molecule has 0 spiro atoms. The van der Waals surface area contributed by atoms with Crippen molar-refractivity contribution in [3.05, 3.63) is 12.2 Å². The van der Waals surface area contributed by atoms with Crippen LogP contribution in [0, 0.1) is 0 Å². The molecule has 1 atom stereocenters. The topological polar surface area (TPSA) is 102 Å². The summed E-state index contributed by atoms with van der Waals surface area (Å²) in [5, 5.41) is 13.3. The smallest absolute Gasteiger partial charge is 0.239 e. The number of rotatable bonds is 6. The summed E-state index contributed by atoms with van der Waals surface area (Å²) in [7, 11) is 3.51. The normalized spacial score (nSPS) is 12.8. The minimum absolute atomic E-state index is 0.142. The molecule has 0 saturated heterocycles.